The zero-order valence-corrected chi connectivity index (χ0v) is 12.1. The fourth-order valence-electron chi connectivity index (χ4n) is 1.62. The molecule has 2 aromatic carbocycles. The van der Waals surface area contributed by atoms with Gasteiger partial charge in [-0.3, -0.25) is 4.79 Å². The number of nitrogens with zero attached hydrogens (tertiary/aromatic N) is 1. The molecule has 0 heterocycles. The Morgan fingerprint density at radius 1 is 1.25 bits per heavy atom. The summed E-state index contributed by atoms with van der Waals surface area (Å²) in [5, 5.41) is 11.3. The number of halogens is 1. The monoisotopic (exact) mass is 330 g/mol. The molecular formula is C15H11BrN2O2. The van der Waals surface area contributed by atoms with Crippen molar-refractivity contribution >= 4 is 27.5 Å². The number of hydrogen-bond acceptors (Lipinski definition) is 3. The van der Waals surface area contributed by atoms with E-state index in [9.17, 15) is 4.79 Å². The topological polar surface area (TPSA) is 62.1 Å². The number of nitrogens with one attached hydrogen (secondary N) is 1. The molecule has 1 N–H and O–H groups in total. The average Bonchev–Trinajstić information content (AvgIpc) is 2.46. The Morgan fingerprint density at radius 3 is 2.80 bits per heavy atom. The molecule has 100 valence electrons. The lowest BCUT2D eigenvalue weighted by molar-refractivity contribution is 0.102. The molecule has 0 saturated heterocycles. The zero-order chi connectivity index (χ0) is 14.4. The molecule has 0 saturated carbocycles. The zero-order valence-electron chi connectivity index (χ0n) is 10.5. The number of ether oxygens (including phenoxy) is 1. The van der Waals surface area contributed by atoms with Crippen LogP contribution in [0.15, 0.2) is 53.0 Å². The second-order valence-corrected chi connectivity index (χ2v) is 4.76. The molecule has 0 fully saturated rings. The van der Waals surface area contributed by atoms with E-state index in [0.717, 1.165) is 4.47 Å². The standard InChI is InChI=1S/C15H11BrN2O2/c16-14-7-2-1-6-13(14)15(19)18-11-4-3-5-12(10-11)20-9-8-17/h1-7,10H,9H2,(H,18,19). The fraction of sp³-hybridized carbons (Fsp3) is 0.0667. The van der Waals surface area contributed by atoms with Crippen LogP contribution in [-0.4, -0.2) is 12.5 Å². The normalized spacial score (nSPS) is 9.60. The Kier molecular flexibility index (Phi) is 4.75. The molecule has 0 unspecified atom stereocenters. The summed E-state index contributed by atoms with van der Waals surface area (Å²) in [6, 6.07) is 16.0. The highest BCUT2D eigenvalue weighted by molar-refractivity contribution is 9.10. The first kappa shape index (κ1) is 14.1. The summed E-state index contributed by atoms with van der Waals surface area (Å²) in [5.74, 6) is 0.325. The van der Waals surface area contributed by atoms with Gasteiger partial charge in [-0.25, -0.2) is 0 Å². The van der Waals surface area contributed by atoms with Gasteiger partial charge in [0.25, 0.3) is 5.91 Å². The SMILES string of the molecule is N#CCOc1cccc(NC(=O)c2ccccc2Br)c1. The number of anilines is 1. The molecule has 4 nitrogen and oxygen atoms in total. The highest BCUT2D eigenvalue weighted by Crippen LogP contribution is 2.20. The Bertz CT molecular complexity index is 665. The molecule has 0 atom stereocenters. The minimum atomic E-state index is -0.213. The molecule has 5 heteroatoms. The minimum absolute atomic E-state index is 0.0262. The summed E-state index contributed by atoms with van der Waals surface area (Å²) in [4.78, 5) is 12.1. The van der Waals surface area contributed by atoms with Gasteiger partial charge in [0.2, 0.25) is 0 Å². The summed E-state index contributed by atoms with van der Waals surface area (Å²) >= 11 is 3.34. The number of nitriles is 1. The van der Waals surface area contributed by atoms with E-state index in [2.05, 4.69) is 21.2 Å². The lowest BCUT2D eigenvalue weighted by Crippen LogP contribution is -2.12. The third-order valence-electron chi connectivity index (χ3n) is 2.51. The number of rotatable bonds is 4. The van der Waals surface area contributed by atoms with Crippen molar-refractivity contribution in [3.63, 3.8) is 0 Å². The third kappa shape index (κ3) is 3.59. The van der Waals surface area contributed by atoms with Gasteiger partial charge in [0.15, 0.2) is 6.61 Å². The molecule has 0 spiro atoms. The highest BCUT2D eigenvalue weighted by atomic mass is 79.9. The van der Waals surface area contributed by atoms with Crippen LogP contribution < -0.4 is 10.1 Å². The van der Waals surface area contributed by atoms with Crippen LogP contribution in [0.1, 0.15) is 10.4 Å². The van der Waals surface area contributed by atoms with Gasteiger partial charge < -0.3 is 10.1 Å². The van der Waals surface area contributed by atoms with Crippen LogP contribution in [0.25, 0.3) is 0 Å². The van der Waals surface area contributed by atoms with E-state index in [-0.39, 0.29) is 12.5 Å². The van der Waals surface area contributed by atoms with Crippen molar-refractivity contribution in [1.29, 1.82) is 5.26 Å². The van der Waals surface area contributed by atoms with Crippen molar-refractivity contribution in [3.05, 3.63) is 58.6 Å². The summed E-state index contributed by atoms with van der Waals surface area (Å²) in [6.45, 7) is -0.0262. The van der Waals surface area contributed by atoms with E-state index >= 15 is 0 Å². The first-order valence-corrected chi connectivity index (χ1v) is 6.65. The van der Waals surface area contributed by atoms with Crippen LogP contribution in [0.2, 0.25) is 0 Å². The maximum atomic E-state index is 12.1. The number of carbonyl (C=O) groups is 1. The van der Waals surface area contributed by atoms with Crippen LogP contribution in [0.3, 0.4) is 0 Å². The second-order valence-electron chi connectivity index (χ2n) is 3.91. The smallest absolute Gasteiger partial charge is 0.256 e. The quantitative estimate of drug-likeness (QED) is 0.931. The van der Waals surface area contributed by atoms with Crippen LogP contribution in [-0.2, 0) is 0 Å². The average molecular weight is 331 g/mol. The highest BCUT2D eigenvalue weighted by Gasteiger charge is 2.09. The predicted octanol–water partition coefficient (Wildman–Crippen LogP) is 3.60. The number of benzene rings is 2. The summed E-state index contributed by atoms with van der Waals surface area (Å²) in [7, 11) is 0. The van der Waals surface area contributed by atoms with E-state index in [0.29, 0.717) is 17.0 Å². The molecule has 0 aliphatic heterocycles. The lowest BCUT2D eigenvalue weighted by Gasteiger charge is -2.08. The van der Waals surface area contributed by atoms with Crippen molar-refractivity contribution < 1.29 is 9.53 Å². The molecule has 2 rings (SSSR count). The van der Waals surface area contributed by atoms with Crippen molar-refractivity contribution in [2.45, 2.75) is 0 Å². The molecule has 0 radical (unpaired) electrons. The van der Waals surface area contributed by atoms with Crippen molar-refractivity contribution in [3.8, 4) is 11.8 Å². The molecule has 0 bridgehead atoms. The van der Waals surface area contributed by atoms with Gasteiger partial charge in [-0.15, -0.1) is 0 Å². The van der Waals surface area contributed by atoms with Gasteiger partial charge in [-0.1, -0.05) is 18.2 Å². The predicted molar refractivity (Wildman–Crippen MR) is 79.6 cm³/mol. The second kappa shape index (κ2) is 6.73. The van der Waals surface area contributed by atoms with E-state index in [4.69, 9.17) is 10.00 Å². The number of hydrogen-bond donors (Lipinski definition) is 1. The Morgan fingerprint density at radius 2 is 2.05 bits per heavy atom. The van der Waals surface area contributed by atoms with Gasteiger partial charge in [-0.05, 0) is 40.2 Å². The van der Waals surface area contributed by atoms with E-state index in [1.807, 2.05) is 12.1 Å². The maximum absolute atomic E-state index is 12.1. The Hall–Kier alpha value is -2.32. The largest absolute Gasteiger partial charge is 0.479 e. The first-order chi connectivity index (χ1) is 9.70. The number of amides is 1. The third-order valence-corrected chi connectivity index (χ3v) is 3.21. The van der Waals surface area contributed by atoms with Crippen molar-refractivity contribution in [2.24, 2.45) is 0 Å². The van der Waals surface area contributed by atoms with Gasteiger partial charge >= 0.3 is 0 Å². The lowest BCUT2D eigenvalue weighted by atomic mass is 10.2. The maximum Gasteiger partial charge on any atom is 0.256 e. The van der Waals surface area contributed by atoms with Crippen LogP contribution >= 0.6 is 15.9 Å². The molecular weight excluding hydrogens is 320 g/mol. The molecule has 1 amide bonds. The Labute approximate surface area is 125 Å². The molecule has 0 aliphatic rings. The van der Waals surface area contributed by atoms with Crippen molar-refractivity contribution in [2.75, 3.05) is 11.9 Å². The fourth-order valence-corrected chi connectivity index (χ4v) is 2.09. The van der Waals surface area contributed by atoms with Crippen LogP contribution in [0.5, 0.6) is 5.75 Å². The van der Waals surface area contributed by atoms with Gasteiger partial charge in [0.05, 0.1) is 5.56 Å². The molecule has 0 aromatic heterocycles. The van der Waals surface area contributed by atoms with Crippen LogP contribution in [0, 0.1) is 11.3 Å². The van der Waals surface area contributed by atoms with Gasteiger partial charge in [0.1, 0.15) is 11.8 Å². The van der Waals surface area contributed by atoms with E-state index in [1.165, 1.54) is 0 Å². The molecule has 0 aliphatic carbocycles. The van der Waals surface area contributed by atoms with Gasteiger partial charge in [0, 0.05) is 16.2 Å². The number of carbonyl (C=O) groups excluding carboxylic acids is 1. The summed E-state index contributed by atoms with van der Waals surface area (Å²) < 4.78 is 5.92. The van der Waals surface area contributed by atoms with Gasteiger partial charge in [-0.2, -0.15) is 5.26 Å². The van der Waals surface area contributed by atoms with E-state index in [1.54, 1.807) is 42.5 Å². The summed E-state index contributed by atoms with van der Waals surface area (Å²) in [6.07, 6.45) is 0. The van der Waals surface area contributed by atoms with Crippen LogP contribution in [0.4, 0.5) is 5.69 Å². The Balaban J connectivity index is 2.12. The first-order valence-electron chi connectivity index (χ1n) is 5.86. The van der Waals surface area contributed by atoms with Crippen molar-refractivity contribution in [1.82, 2.24) is 0 Å². The molecule has 20 heavy (non-hydrogen) atoms. The minimum Gasteiger partial charge on any atom is -0.479 e. The molecule has 2 aromatic rings. The van der Waals surface area contributed by atoms with E-state index < -0.39 is 0 Å². The summed E-state index contributed by atoms with van der Waals surface area (Å²) in [5.41, 5.74) is 1.16.